The zero-order valence-corrected chi connectivity index (χ0v) is 9.51. The number of carbonyl (C=O) groups excluding carboxylic acids is 1. The molecule has 0 saturated heterocycles. The Labute approximate surface area is 95.5 Å². The zero-order chi connectivity index (χ0) is 11.8. The fourth-order valence-corrected chi connectivity index (χ4v) is 1.12. The lowest BCUT2D eigenvalue weighted by Gasteiger charge is -1.96. The number of ether oxygens (including phenoxy) is 1. The normalized spacial score (nSPS) is 11.8. The first kappa shape index (κ1) is 12.2. The highest BCUT2D eigenvalue weighted by Crippen LogP contribution is 2.03. The SMILES string of the molecule is CCOC(=O)/C=C(C)\C=C\c1cccnc1. The molecule has 0 spiro atoms. The van der Waals surface area contributed by atoms with E-state index in [1.165, 1.54) is 6.08 Å². The van der Waals surface area contributed by atoms with Crippen molar-refractivity contribution in [1.29, 1.82) is 0 Å². The van der Waals surface area contributed by atoms with Gasteiger partial charge in [-0.05, 0) is 31.1 Å². The zero-order valence-electron chi connectivity index (χ0n) is 9.51. The lowest BCUT2D eigenvalue weighted by atomic mass is 10.2. The predicted octanol–water partition coefficient (Wildman–Crippen LogP) is 2.60. The van der Waals surface area contributed by atoms with Crippen molar-refractivity contribution >= 4 is 12.0 Å². The Morgan fingerprint density at radius 2 is 2.38 bits per heavy atom. The summed E-state index contributed by atoms with van der Waals surface area (Å²) in [5.41, 5.74) is 1.85. The molecule has 1 rings (SSSR count). The van der Waals surface area contributed by atoms with Crippen LogP contribution in [0.3, 0.4) is 0 Å². The fourth-order valence-electron chi connectivity index (χ4n) is 1.12. The van der Waals surface area contributed by atoms with Gasteiger partial charge < -0.3 is 4.74 Å². The largest absolute Gasteiger partial charge is 0.463 e. The number of nitrogens with zero attached hydrogens (tertiary/aromatic N) is 1. The Bertz CT molecular complexity index is 394. The number of aromatic nitrogens is 1. The van der Waals surface area contributed by atoms with Gasteiger partial charge in [0.15, 0.2) is 0 Å². The third-order valence-electron chi connectivity index (χ3n) is 1.86. The van der Waals surface area contributed by atoms with Gasteiger partial charge in [-0.2, -0.15) is 0 Å². The number of esters is 1. The third-order valence-corrected chi connectivity index (χ3v) is 1.86. The Morgan fingerprint density at radius 1 is 1.56 bits per heavy atom. The Balaban J connectivity index is 2.60. The van der Waals surface area contributed by atoms with Crippen LogP contribution >= 0.6 is 0 Å². The van der Waals surface area contributed by atoms with E-state index in [2.05, 4.69) is 4.98 Å². The molecule has 0 fully saturated rings. The molecule has 16 heavy (non-hydrogen) atoms. The molecule has 0 atom stereocenters. The van der Waals surface area contributed by atoms with Gasteiger partial charge in [-0.15, -0.1) is 0 Å². The predicted molar refractivity (Wildman–Crippen MR) is 63.7 cm³/mol. The van der Waals surface area contributed by atoms with Crippen molar-refractivity contribution < 1.29 is 9.53 Å². The van der Waals surface area contributed by atoms with E-state index in [-0.39, 0.29) is 5.97 Å². The van der Waals surface area contributed by atoms with Gasteiger partial charge in [0.2, 0.25) is 0 Å². The summed E-state index contributed by atoms with van der Waals surface area (Å²) in [6, 6.07) is 3.81. The molecule has 3 nitrogen and oxygen atoms in total. The molecule has 1 heterocycles. The fraction of sp³-hybridized carbons (Fsp3) is 0.231. The highest BCUT2D eigenvalue weighted by Gasteiger charge is 1.94. The minimum Gasteiger partial charge on any atom is -0.463 e. The molecule has 0 amide bonds. The summed E-state index contributed by atoms with van der Waals surface area (Å²) in [7, 11) is 0. The number of pyridine rings is 1. The Morgan fingerprint density at radius 3 is 3.00 bits per heavy atom. The average molecular weight is 217 g/mol. The van der Waals surface area contributed by atoms with Crippen molar-refractivity contribution in [1.82, 2.24) is 4.98 Å². The van der Waals surface area contributed by atoms with Crippen LogP contribution in [0.25, 0.3) is 6.08 Å². The molecule has 0 bridgehead atoms. The van der Waals surface area contributed by atoms with Gasteiger partial charge >= 0.3 is 5.97 Å². The van der Waals surface area contributed by atoms with E-state index in [0.29, 0.717) is 6.61 Å². The van der Waals surface area contributed by atoms with E-state index in [1.807, 2.05) is 31.2 Å². The number of hydrogen-bond donors (Lipinski definition) is 0. The summed E-state index contributed by atoms with van der Waals surface area (Å²) < 4.78 is 4.80. The molecule has 0 aliphatic heterocycles. The molecule has 0 aliphatic carbocycles. The second-order valence-corrected chi connectivity index (χ2v) is 3.26. The summed E-state index contributed by atoms with van der Waals surface area (Å²) in [4.78, 5) is 15.1. The van der Waals surface area contributed by atoms with Crippen LogP contribution in [-0.4, -0.2) is 17.6 Å². The molecule has 0 N–H and O–H groups in total. The molecule has 1 aromatic rings. The summed E-state index contributed by atoms with van der Waals surface area (Å²) in [6.45, 7) is 4.03. The summed E-state index contributed by atoms with van der Waals surface area (Å²) in [5, 5.41) is 0. The maximum absolute atomic E-state index is 11.1. The van der Waals surface area contributed by atoms with Crippen LogP contribution in [-0.2, 0) is 9.53 Å². The van der Waals surface area contributed by atoms with Crippen LogP contribution in [0.1, 0.15) is 19.4 Å². The molecule has 0 saturated carbocycles. The summed E-state index contributed by atoms with van der Waals surface area (Å²) in [6.07, 6.45) is 8.70. The van der Waals surface area contributed by atoms with E-state index >= 15 is 0 Å². The molecule has 84 valence electrons. The molecule has 0 radical (unpaired) electrons. The van der Waals surface area contributed by atoms with Crippen molar-refractivity contribution in [2.75, 3.05) is 6.61 Å². The highest BCUT2D eigenvalue weighted by molar-refractivity contribution is 5.83. The van der Waals surface area contributed by atoms with E-state index in [4.69, 9.17) is 4.74 Å². The van der Waals surface area contributed by atoms with E-state index < -0.39 is 0 Å². The molecular formula is C13H15NO2. The summed E-state index contributed by atoms with van der Waals surface area (Å²) in [5.74, 6) is -0.309. The van der Waals surface area contributed by atoms with Crippen LogP contribution in [0, 0.1) is 0 Å². The van der Waals surface area contributed by atoms with Crippen molar-refractivity contribution in [2.24, 2.45) is 0 Å². The minimum absolute atomic E-state index is 0.309. The van der Waals surface area contributed by atoms with Crippen molar-refractivity contribution in [2.45, 2.75) is 13.8 Å². The topological polar surface area (TPSA) is 39.2 Å². The molecule has 0 unspecified atom stereocenters. The molecule has 3 heteroatoms. The van der Waals surface area contributed by atoms with Crippen LogP contribution in [0.2, 0.25) is 0 Å². The quantitative estimate of drug-likeness (QED) is 0.442. The first-order valence-corrected chi connectivity index (χ1v) is 5.15. The Hall–Kier alpha value is -1.90. The van der Waals surface area contributed by atoms with Crippen LogP contribution in [0.15, 0.2) is 42.3 Å². The summed E-state index contributed by atoms with van der Waals surface area (Å²) >= 11 is 0. The minimum atomic E-state index is -0.309. The van der Waals surface area contributed by atoms with Crippen LogP contribution in [0.5, 0.6) is 0 Å². The van der Waals surface area contributed by atoms with E-state index in [9.17, 15) is 4.79 Å². The standard InChI is InChI=1S/C13H15NO2/c1-3-16-13(15)9-11(2)6-7-12-5-4-8-14-10-12/h4-10H,3H2,1-2H3/b7-6+,11-9-. The van der Waals surface area contributed by atoms with Crippen molar-refractivity contribution in [3.05, 3.63) is 47.8 Å². The van der Waals surface area contributed by atoms with Gasteiger partial charge in [-0.3, -0.25) is 4.98 Å². The molecule has 0 aliphatic rings. The second-order valence-electron chi connectivity index (χ2n) is 3.26. The van der Waals surface area contributed by atoms with Gasteiger partial charge in [-0.25, -0.2) is 4.79 Å². The smallest absolute Gasteiger partial charge is 0.330 e. The monoisotopic (exact) mass is 217 g/mol. The lowest BCUT2D eigenvalue weighted by molar-refractivity contribution is -0.137. The molecule has 1 aromatic heterocycles. The number of carbonyl (C=O) groups is 1. The molecular weight excluding hydrogens is 202 g/mol. The van der Waals surface area contributed by atoms with Gasteiger partial charge in [0.25, 0.3) is 0 Å². The number of hydrogen-bond acceptors (Lipinski definition) is 3. The van der Waals surface area contributed by atoms with Gasteiger partial charge in [0, 0.05) is 18.5 Å². The van der Waals surface area contributed by atoms with Gasteiger partial charge in [0.1, 0.15) is 0 Å². The lowest BCUT2D eigenvalue weighted by Crippen LogP contribution is -1.99. The maximum Gasteiger partial charge on any atom is 0.330 e. The van der Waals surface area contributed by atoms with Gasteiger partial charge in [-0.1, -0.05) is 18.2 Å². The Kier molecular flexibility index (Phi) is 4.99. The second kappa shape index (κ2) is 6.56. The van der Waals surface area contributed by atoms with E-state index in [0.717, 1.165) is 11.1 Å². The van der Waals surface area contributed by atoms with Crippen LogP contribution < -0.4 is 0 Å². The van der Waals surface area contributed by atoms with Gasteiger partial charge in [0.05, 0.1) is 6.61 Å². The first-order valence-electron chi connectivity index (χ1n) is 5.15. The van der Waals surface area contributed by atoms with Crippen molar-refractivity contribution in [3.8, 4) is 0 Å². The molecule has 0 aromatic carbocycles. The van der Waals surface area contributed by atoms with Crippen molar-refractivity contribution in [3.63, 3.8) is 0 Å². The van der Waals surface area contributed by atoms with Crippen LogP contribution in [0.4, 0.5) is 0 Å². The highest BCUT2D eigenvalue weighted by atomic mass is 16.5. The average Bonchev–Trinajstić information content (AvgIpc) is 2.28. The number of allylic oxidation sites excluding steroid dienone is 2. The first-order chi connectivity index (χ1) is 7.72. The number of rotatable bonds is 4. The maximum atomic E-state index is 11.1. The third kappa shape index (κ3) is 4.55. The van der Waals surface area contributed by atoms with E-state index in [1.54, 1.807) is 19.3 Å².